The predicted octanol–water partition coefficient (Wildman–Crippen LogP) is 5.36. The number of hydrogen-bond donors (Lipinski definition) is 0. The van der Waals surface area contributed by atoms with E-state index >= 15 is 0 Å². The Hall–Kier alpha value is -0.690. The van der Waals surface area contributed by atoms with Crippen LogP contribution >= 0.6 is 11.6 Å². The van der Waals surface area contributed by atoms with Crippen LogP contribution in [0.2, 0.25) is 0 Å². The second-order valence-electron chi connectivity index (χ2n) is 6.19. The maximum Gasteiger partial charge on any atom is 0.119 e. The molecular formula is C16H25ClO. The van der Waals surface area contributed by atoms with Gasteiger partial charge in [0.15, 0.2) is 0 Å². The topological polar surface area (TPSA) is 9.23 Å². The molecule has 0 saturated heterocycles. The maximum absolute atomic E-state index is 6.57. The number of hydrogen-bond acceptors (Lipinski definition) is 1. The second-order valence-corrected chi connectivity index (χ2v) is 6.72. The highest BCUT2D eigenvalue weighted by Crippen LogP contribution is 2.37. The number of halogens is 1. The zero-order valence-electron chi connectivity index (χ0n) is 12.4. The molecule has 1 aromatic carbocycles. The third-order valence-corrected chi connectivity index (χ3v) is 4.27. The highest BCUT2D eigenvalue weighted by Gasteiger charge is 2.24. The third kappa shape index (κ3) is 3.91. The van der Waals surface area contributed by atoms with Crippen molar-refractivity contribution in [3.63, 3.8) is 0 Å². The minimum absolute atomic E-state index is 0.0742. The summed E-state index contributed by atoms with van der Waals surface area (Å²) in [5, 5.41) is 0.0742. The molecule has 1 aromatic rings. The Morgan fingerprint density at radius 3 is 2.33 bits per heavy atom. The van der Waals surface area contributed by atoms with E-state index in [1.54, 1.807) is 7.11 Å². The van der Waals surface area contributed by atoms with E-state index in [2.05, 4.69) is 40.7 Å². The molecule has 0 bridgehead atoms. The number of ether oxygens (including phenoxy) is 1. The van der Waals surface area contributed by atoms with Crippen LogP contribution in [0.1, 0.15) is 50.6 Å². The van der Waals surface area contributed by atoms with Gasteiger partial charge in [0, 0.05) is 0 Å². The number of benzene rings is 1. The van der Waals surface area contributed by atoms with Gasteiger partial charge in [-0.1, -0.05) is 33.8 Å². The van der Waals surface area contributed by atoms with Crippen molar-refractivity contribution in [2.75, 3.05) is 7.11 Å². The van der Waals surface area contributed by atoms with Gasteiger partial charge in [0.25, 0.3) is 0 Å². The van der Waals surface area contributed by atoms with Gasteiger partial charge in [-0.2, -0.15) is 0 Å². The first-order chi connectivity index (χ1) is 8.25. The average molecular weight is 269 g/mol. The normalized spacial score (nSPS) is 15.3. The lowest BCUT2D eigenvalue weighted by molar-refractivity contribution is 0.245. The van der Waals surface area contributed by atoms with E-state index in [1.165, 1.54) is 11.1 Å². The molecule has 2 heteroatoms. The number of rotatable bonds is 4. The molecule has 0 saturated carbocycles. The molecular weight excluding hydrogens is 244 g/mol. The summed E-state index contributed by atoms with van der Waals surface area (Å²) in [5.74, 6) is 1.48. The summed E-state index contributed by atoms with van der Waals surface area (Å²) in [4.78, 5) is 0. The van der Waals surface area contributed by atoms with Gasteiger partial charge < -0.3 is 4.74 Å². The molecule has 102 valence electrons. The minimum Gasteiger partial charge on any atom is -0.497 e. The number of aryl methyl sites for hydroxylation is 1. The Morgan fingerprint density at radius 1 is 1.28 bits per heavy atom. The first-order valence-corrected chi connectivity index (χ1v) is 6.98. The molecule has 0 aromatic heterocycles. The van der Waals surface area contributed by atoms with Crippen LogP contribution in [0.5, 0.6) is 5.75 Å². The van der Waals surface area contributed by atoms with Gasteiger partial charge in [-0.05, 0) is 47.9 Å². The molecule has 0 amide bonds. The van der Waals surface area contributed by atoms with E-state index < -0.39 is 0 Å². The van der Waals surface area contributed by atoms with Crippen molar-refractivity contribution >= 4 is 11.6 Å². The van der Waals surface area contributed by atoms with E-state index in [1.807, 2.05) is 12.1 Å². The van der Waals surface area contributed by atoms with Gasteiger partial charge in [-0.15, -0.1) is 11.6 Å². The van der Waals surface area contributed by atoms with Crippen molar-refractivity contribution in [3.05, 3.63) is 29.3 Å². The van der Waals surface area contributed by atoms with Crippen LogP contribution in [0, 0.1) is 18.3 Å². The van der Waals surface area contributed by atoms with Crippen LogP contribution in [0.25, 0.3) is 0 Å². The Labute approximate surface area is 116 Å². The van der Waals surface area contributed by atoms with Crippen molar-refractivity contribution in [1.82, 2.24) is 0 Å². The van der Waals surface area contributed by atoms with Gasteiger partial charge in [-0.25, -0.2) is 0 Å². The number of methoxy groups -OCH3 is 1. The van der Waals surface area contributed by atoms with Crippen molar-refractivity contribution in [2.45, 2.75) is 46.4 Å². The van der Waals surface area contributed by atoms with E-state index in [9.17, 15) is 0 Å². The molecule has 1 nitrogen and oxygen atoms in total. The van der Waals surface area contributed by atoms with Gasteiger partial charge in [0.2, 0.25) is 0 Å². The van der Waals surface area contributed by atoms with Crippen LogP contribution in [-0.4, -0.2) is 7.11 Å². The van der Waals surface area contributed by atoms with Crippen LogP contribution in [0.3, 0.4) is 0 Å². The van der Waals surface area contributed by atoms with Crippen molar-refractivity contribution in [3.8, 4) is 5.75 Å². The molecule has 0 N–H and O–H groups in total. The molecule has 2 unspecified atom stereocenters. The quantitative estimate of drug-likeness (QED) is 0.669. The summed E-state index contributed by atoms with van der Waals surface area (Å²) in [6.45, 7) is 11.2. The summed E-state index contributed by atoms with van der Waals surface area (Å²) in [7, 11) is 1.69. The largest absolute Gasteiger partial charge is 0.497 e. The molecule has 0 radical (unpaired) electrons. The zero-order valence-corrected chi connectivity index (χ0v) is 13.1. The minimum atomic E-state index is 0.0742. The van der Waals surface area contributed by atoms with Crippen molar-refractivity contribution < 1.29 is 4.74 Å². The molecule has 0 aliphatic heterocycles. The zero-order chi connectivity index (χ0) is 13.9. The molecule has 0 aliphatic carbocycles. The fourth-order valence-corrected chi connectivity index (χ4v) is 2.43. The van der Waals surface area contributed by atoms with Gasteiger partial charge in [0.05, 0.1) is 12.5 Å². The van der Waals surface area contributed by atoms with E-state index in [-0.39, 0.29) is 5.38 Å². The molecule has 0 aliphatic rings. The molecule has 18 heavy (non-hydrogen) atoms. The van der Waals surface area contributed by atoms with Crippen LogP contribution < -0.4 is 4.74 Å². The van der Waals surface area contributed by atoms with Gasteiger partial charge in [0.1, 0.15) is 5.75 Å². The lowest BCUT2D eigenvalue weighted by Crippen LogP contribution is -2.18. The highest BCUT2D eigenvalue weighted by molar-refractivity contribution is 6.20. The maximum atomic E-state index is 6.57. The first kappa shape index (κ1) is 15.4. The van der Waals surface area contributed by atoms with Gasteiger partial charge >= 0.3 is 0 Å². The fourth-order valence-electron chi connectivity index (χ4n) is 1.92. The van der Waals surface area contributed by atoms with Crippen LogP contribution in [0.4, 0.5) is 0 Å². The molecule has 0 fully saturated rings. The lowest BCUT2D eigenvalue weighted by atomic mass is 9.78. The average Bonchev–Trinajstić information content (AvgIpc) is 2.27. The van der Waals surface area contributed by atoms with Crippen LogP contribution in [0.15, 0.2) is 18.2 Å². The summed E-state index contributed by atoms with van der Waals surface area (Å²) in [6.07, 6.45) is 0.998. The molecule has 2 atom stereocenters. The second kappa shape index (κ2) is 5.97. The van der Waals surface area contributed by atoms with Crippen molar-refractivity contribution in [2.24, 2.45) is 11.3 Å². The Balaban J connectivity index is 2.81. The third-order valence-electron chi connectivity index (χ3n) is 3.85. The van der Waals surface area contributed by atoms with Crippen molar-refractivity contribution in [1.29, 1.82) is 0 Å². The van der Waals surface area contributed by atoms with Gasteiger partial charge in [-0.3, -0.25) is 0 Å². The monoisotopic (exact) mass is 268 g/mol. The Morgan fingerprint density at radius 2 is 1.89 bits per heavy atom. The summed E-state index contributed by atoms with van der Waals surface area (Å²) >= 11 is 6.57. The lowest BCUT2D eigenvalue weighted by Gasteiger charge is -2.29. The summed E-state index contributed by atoms with van der Waals surface area (Å²) < 4.78 is 5.22. The molecule has 1 rings (SSSR count). The first-order valence-electron chi connectivity index (χ1n) is 6.54. The molecule has 0 spiro atoms. The van der Waals surface area contributed by atoms with E-state index in [0.717, 1.165) is 12.2 Å². The molecule has 0 heterocycles. The van der Waals surface area contributed by atoms with E-state index in [4.69, 9.17) is 16.3 Å². The summed E-state index contributed by atoms with van der Waals surface area (Å²) in [6, 6.07) is 6.12. The summed E-state index contributed by atoms with van der Waals surface area (Å²) in [5.41, 5.74) is 2.72. The highest BCUT2D eigenvalue weighted by atomic mass is 35.5. The fraction of sp³-hybridized carbons (Fsp3) is 0.625. The standard InChI is InChI=1S/C16H25ClO/c1-11-9-13(18-6)7-8-14(11)15(17)10-12(2)16(3,4)5/h7-9,12,15H,10H2,1-6H3. The predicted molar refractivity (Wildman–Crippen MR) is 79.6 cm³/mol. The number of alkyl halides is 1. The SMILES string of the molecule is COc1ccc(C(Cl)CC(C)C(C)(C)C)c(C)c1. The van der Waals surface area contributed by atoms with E-state index in [0.29, 0.717) is 11.3 Å². The Bertz CT molecular complexity index is 393. The Kier molecular flexibility index (Phi) is 5.10. The van der Waals surface area contributed by atoms with Crippen LogP contribution in [-0.2, 0) is 0 Å². The smallest absolute Gasteiger partial charge is 0.119 e.